The van der Waals surface area contributed by atoms with Gasteiger partial charge >= 0.3 is 6.09 Å². The van der Waals surface area contributed by atoms with Gasteiger partial charge in [0.25, 0.3) is 0 Å². The molecule has 1 aromatic carbocycles. The van der Waals surface area contributed by atoms with Crippen molar-refractivity contribution >= 4 is 12.0 Å². The van der Waals surface area contributed by atoms with E-state index in [2.05, 4.69) is 29.2 Å². The molecule has 0 aromatic heterocycles. The Morgan fingerprint density at radius 3 is 2.40 bits per heavy atom. The molecule has 2 amide bonds. The van der Waals surface area contributed by atoms with Crippen molar-refractivity contribution in [3.05, 3.63) is 35.4 Å². The fourth-order valence-corrected chi connectivity index (χ4v) is 5.60. The maximum Gasteiger partial charge on any atom is 0.410 e. The molecular weight excluding hydrogens is 376 g/mol. The van der Waals surface area contributed by atoms with E-state index >= 15 is 0 Å². The van der Waals surface area contributed by atoms with Gasteiger partial charge in [0.15, 0.2) is 0 Å². The first-order valence-corrected chi connectivity index (χ1v) is 11.9. The standard InChI is InChI=1S/C25H34N2O3/c28-23-25(12-14-26(15-13-25)24(29)30-22-8-2-1-3-9-22)16-20-6-4-5-7-21(20)18-27(23)17-19-10-11-19/h4-7,19,22H,1-3,8-18H2. The number of carbonyl (C=O) groups is 2. The van der Waals surface area contributed by atoms with Crippen molar-refractivity contribution in [1.82, 2.24) is 9.80 Å². The SMILES string of the molecule is O=C(OC1CCCCC1)N1CCC2(CC1)Cc1ccccc1CN(CC1CC1)C2=O. The minimum Gasteiger partial charge on any atom is -0.446 e. The predicted octanol–water partition coefficient (Wildman–Crippen LogP) is 4.53. The van der Waals surface area contributed by atoms with Gasteiger partial charge in [-0.05, 0) is 74.8 Å². The minimum absolute atomic E-state index is 0.0857. The Kier molecular flexibility index (Phi) is 5.46. The molecule has 2 aliphatic heterocycles. The first-order valence-electron chi connectivity index (χ1n) is 11.9. The van der Waals surface area contributed by atoms with E-state index in [1.165, 1.54) is 30.4 Å². The summed E-state index contributed by atoms with van der Waals surface area (Å²) in [6.45, 7) is 2.87. The Bertz CT molecular complexity index is 789. The number of hydrogen-bond acceptors (Lipinski definition) is 3. The molecule has 0 atom stereocenters. The van der Waals surface area contributed by atoms with Crippen LogP contribution in [0.2, 0.25) is 0 Å². The number of ether oxygens (including phenoxy) is 1. The van der Waals surface area contributed by atoms with Crippen molar-refractivity contribution in [3.63, 3.8) is 0 Å². The Morgan fingerprint density at radius 2 is 1.70 bits per heavy atom. The van der Waals surface area contributed by atoms with Crippen molar-refractivity contribution in [2.24, 2.45) is 11.3 Å². The molecule has 3 fully saturated rings. The van der Waals surface area contributed by atoms with Crippen molar-refractivity contribution in [3.8, 4) is 0 Å². The van der Waals surface area contributed by atoms with Gasteiger partial charge in [0.1, 0.15) is 6.10 Å². The Balaban J connectivity index is 1.29. The van der Waals surface area contributed by atoms with Crippen molar-refractivity contribution in [1.29, 1.82) is 0 Å². The van der Waals surface area contributed by atoms with Crippen LogP contribution >= 0.6 is 0 Å². The average molecular weight is 411 g/mol. The zero-order chi connectivity index (χ0) is 20.6. The van der Waals surface area contributed by atoms with Gasteiger partial charge in [-0.15, -0.1) is 0 Å². The molecule has 0 N–H and O–H groups in total. The van der Waals surface area contributed by atoms with Crippen LogP contribution in [0.3, 0.4) is 0 Å². The van der Waals surface area contributed by atoms with Crippen molar-refractivity contribution in [2.75, 3.05) is 19.6 Å². The number of carbonyl (C=O) groups excluding carboxylic acids is 2. The van der Waals surface area contributed by atoms with E-state index < -0.39 is 0 Å². The lowest BCUT2D eigenvalue weighted by Gasteiger charge is -2.42. The predicted molar refractivity (Wildman–Crippen MR) is 115 cm³/mol. The number of nitrogens with zero attached hydrogens (tertiary/aromatic N) is 2. The molecule has 0 radical (unpaired) electrons. The Labute approximate surface area is 179 Å². The van der Waals surface area contributed by atoms with E-state index in [1.54, 1.807) is 0 Å². The highest BCUT2D eigenvalue weighted by atomic mass is 16.6. The molecule has 1 saturated heterocycles. The second kappa shape index (κ2) is 8.24. The molecule has 30 heavy (non-hydrogen) atoms. The van der Waals surface area contributed by atoms with Gasteiger partial charge in [-0.3, -0.25) is 4.79 Å². The normalized spacial score (nSPS) is 24.5. The van der Waals surface area contributed by atoms with Crippen molar-refractivity contribution in [2.45, 2.75) is 76.9 Å². The molecule has 162 valence electrons. The third-order valence-corrected chi connectivity index (χ3v) is 7.72. The number of amides is 2. The van der Waals surface area contributed by atoms with Crippen LogP contribution in [0.1, 0.15) is 68.9 Å². The number of hydrogen-bond donors (Lipinski definition) is 0. The number of benzene rings is 1. The lowest BCUT2D eigenvalue weighted by Crippen LogP contribution is -2.52. The molecule has 5 heteroatoms. The molecule has 5 nitrogen and oxygen atoms in total. The number of rotatable bonds is 3. The number of fused-ring (bicyclic) bond motifs is 1. The molecule has 0 bridgehead atoms. The van der Waals surface area contributed by atoms with Gasteiger partial charge in [0, 0.05) is 26.2 Å². The molecular formula is C25H34N2O3. The third-order valence-electron chi connectivity index (χ3n) is 7.72. The maximum absolute atomic E-state index is 13.7. The molecule has 1 spiro atoms. The summed E-state index contributed by atoms with van der Waals surface area (Å²) >= 11 is 0. The smallest absolute Gasteiger partial charge is 0.410 e. The van der Waals surface area contributed by atoms with Gasteiger partial charge in [0.2, 0.25) is 5.91 Å². The number of likely N-dealkylation sites (tertiary alicyclic amines) is 1. The van der Waals surface area contributed by atoms with Crippen molar-refractivity contribution < 1.29 is 14.3 Å². The summed E-state index contributed by atoms with van der Waals surface area (Å²) in [5.74, 6) is 0.993. The van der Waals surface area contributed by atoms with E-state index in [0.29, 0.717) is 24.9 Å². The second-order valence-corrected chi connectivity index (χ2v) is 9.99. The molecule has 2 saturated carbocycles. The first kappa shape index (κ1) is 19.9. The van der Waals surface area contributed by atoms with Crippen LogP contribution in [0.15, 0.2) is 24.3 Å². The summed E-state index contributed by atoms with van der Waals surface area (Å²) in [5.41, 5.74) is 2.23. The minimum atomic E-state index is -0.372. The van der Waals surface area contributed by atoms with Crippen LogP contribution < -0.4 is 0 Å². The second-order valence-electron chi connectivity index (χ2n) is 9.99. The summed E-state index contributed by atoms with van der Waals surface area (Å²) in [5, 5.41) is 0. The lowest BCUT2D eigenvalue weighted by molar-refractivity contribution is -0.145. The lowest BCUT2D eigenvalue weighted by atomic mass is 9.73. The molecule has 2 aliphatic carbocycles. The zero-order valence-electron chi connectivity index (χ0n) is 18.0. The third kappa shape index (κ3) is 4.08. The summed E-state index contributed by atoms with van der Waals surface area (Å²) in [7, 11) is 0. The van der Waals surface area contributed by atoms with Gasteiger partial charge in [-0.25, -0.2) is 4.79 Å². The van der Waals surface area contributed by atoms with E-state index in [9.17, 15) is 9.59 Å². The highest BCUT2D eigenvalue weighted by Gasteiger charge is 2.47. The van der Waals surface area contributed by atoms with Gasteiger partial charge in [-0.2, -0.15) is 0 Å². The number of piperidine rings is 1. The zero-order valence-corrected chi connectivity index (χ0v) is 18.0. The van der Waals surface area contributed by atoms with Crippen LogP contribution in [0.25, 0.3) is 0 Å². The van der Waals surface area contributed by atoms with E-state index in [4.69, 9.17) is 4.74 Å². The average Bonchev–Trinajstić information content (AvgIpc) is 3.60. The van der Waals surface area contributed by atoms with Crippen LogP contribution in [0.5, 0.6) is 0 Å². The molecule has 1 aromatic rings. The van der Waals surface area contributed by atoms with Crippen LogP contribution in [0.4, 0.5) is 4.79 Å². The van der Waals surface area contributed by atoms with Crippen LogP contribution in [0, 0.1) is 11.3 Å². The van der Waals surface area contributed by atoms with E-state index in [0.717, 1.165) is 58.0 Å². The van der Waals surface area contributed by atoms with Crippen LogP contribution in [-0.4, -0.2) is 47.5 Å². The first-order chi connectivity index (χ1) is 14.6. The summed E-state index contributed by atoms with van der Waals surface area (Å²) in [6.07, 6.45) is 10.2. The molecule has 5 rings (SSSR count). The molecule has 4 aliphatic rings. The fourth-order valence-electron chi connectivity index (χ4n) is 5.60. The highest BCUT2D eigenvalue weighted by Crippen LogP contribution is 2.42. The largest absolute Gasteiger partial charge is 0.446 e. The van der Waals surface area contributed by atoms with Gasteiger partial charge in [-0.1, -0.05) is 30.7 Å². The van der Waals surface area contributed by atoms with Gasteiger partial charge in [0.05, 0.1) is 5.41 Å². The summed E-state index contributed by atoms with van der Waals surface area (Å²) in [6, 6.07) is 8.54. The Hall–Kier alpha value is -2.04. The monoisotopic (exact) mass is 410 g/mol. The Morgan fingerprint density at radius 1 is 1.00 bits per heavy atom. The summed E-state index contributed by atoms with van der Waals surface area (Å²) in [4.78, 5) is 30.4. The van der Waals surface area contributed by atoms with E-state index in [-0.39, 0.29) is 17.6 Å². The molecule has 0 unspecified atom stereocenters. The van der Waals surface area contributed by atoms with E-state index in [1.807, 2.05) is 4.90 Å². The van der Waals surface area contributed by atoms with Gasteiger partial charge < -0.3 is 14.5 Å². The quantitative estimate of drug-likeness (QED) is 0.735. The highest BCUT2D eigenvalue weighted by molar-refractivity contribution is 5.84. The summed E-state index contributed by atoms with van der Waals surface area (Å²) < 4.78 is 5.79. The van der Waals surface area contributed by atoms with Crippen LogP contribution in [-0.2, 0) is 22.5 Å². The maximum atomic E-state index is 13.7. The topological polar surface area (TPSA) is 49.9 Å². The fraction of sp³-hybridized carbons (Fsp3) is 0.680. The molecule has 2 heterocycles.